The number of nitrogens with one attached hydrogen (secondary N) is 4. The number of anilines is 6. The molecule has 16 nitrogen and oxygen atoms in total. The molecule has 0 radical (unpaired) electrons. The number of halogens is 1. The minimum atomic E-state index is -0.547. The molecule has 0 bridgehead atoms. The second-order valence-electron chi connectivity index (χ2n) is 16.4. The van der Waals surface area contributed by atoms with E-state index < -0.39 is 17.6 Å². The summed E-state index contributed by atoms with van der Waals surface area (Å²) in [6, 6.07) is 29.1. The molecule has 4 aromatic carbocycles. The van der Waals surface area contributed by atoms with E-state index >= 15 is 4.39 Å². The molecule has 1 saturated carbocycles. The SMILES string of the molecule is CC#CC(=O)Nc1ccc2ncnc(Nc3ccc(Oc4ccc(C5CC5)nc4)c(C[n+]4cnc(Nc5ccc(Cc6ccn7ncnc7c6)c(F)c5)c5cc(NC(=O)C#CCCO)ccc54)c3)c2c1. The van der Waals surface area contributed by atoms with Crippen molar-refractivity contribution in [2.45, 2.75) is 45.1 Å². The van der Waals surface area contributed by atoms with Gasteiger partial charge in [-0.15, -0.1) is 0 Å². The Hall–Kier alpha value is -9.32. The first-order valence-corrected chi connectivity index (χ1v) is 22.3. The quantitative estimate of drug-likeness (QED) is 0.0520. The van der Waals surface area contributed by atoms with Gasteiger partial charge in [0.1, 0.15) is 47.9 Å². The van der Waals surface area contributed by atoms with Gasteiger partial charge in [0.05, 0.1) is 23.7 Å². The number of carbonyl (C=O) groups excluding carboxylic acids is 2. The Kier molecular flexibility index (Phi) is 12.6. The number of nitrogens with zero attached hydrogens (tertiary/aromatic N) is 8. The largest absolute Gasteiger partial charge is 0.455 e. The molecule has 0 aliphatic heterocycles. The van der Waals surface area contributed by atoms with Gasteiger partial charge in [0.2, 0.25) is 0 Å². The van der Waals surface area contributed by atoms with Crippen molar-refractivity contribution in [2.75, 3.05) is 27.9 Å². The average molecular weight is 930 g/mol. The topological polar surface area (TPSA) is 197 Å². The van der Waals surface area contributed by atoms with Crippen LogP contribution >= 0.6 is 0 Å². The van der Waals surface area contributed by atoms with Gasteiger partial charge in [0.25, 0.3) is 24.0 Å². The van der Waals surface area contributed by atoms with Crippen molar-refractivity contribution in [1.29, 1.82) is 0 Å². The minimum absolute atomic E-state index is 0.158. The molecular weight excluding hydrogens is 888 g/mol. The van der Waals surface area contributed by atoms with E-state index in [9.17, 15) is 14.7 Å². The van der Waals surface area contributed by atoms with Crippen molar-refractivity contribution in [2.24, 2.45) is 0 Å². The van der Waals surface area contributed by atoms with Crippen LogP contribution in [0.5, 0.6) is 11.5 Å². The Labute approximate surface area is 400 Å². The van der Waals surface area contributed by atoms with Gasteiger partial charge in [-0.1, -0.05) is 17.9 Å². The third kappa shape index (κ3) is 10.3. The van der Waals surface area contributed by atoms with E-state index in [2.05, 4.69) is 70.0 Å². The van der Waals surface area contributed by atoms with Crippen molar-refractivity contribution in [1.82, 2.24) is 34.5 Å². The van der Waals surface area contributed by atoms with Crippen LogP contribution in [-0.4, -0.2) is 58.1 Å². The molecule has 1 aliphatic rings. The number of benzene rings is 4. The molecule has 17 heteroatoms. The van der Waals surface area contributed by atoms with Gasteiger partial charge in [-0.3, -0.25) is 14.6 Å². The standard InChI is InChI=1S/C53H41FN12O4/c1-2-5-50(68)61-38-11-15-46-42(25-38)52(58-30-56-46)63-37-13-18-48(70-41-14-16-45(55-28-41)34-7-8-34)36(24-37)29-65-32-59-53(43-26-39(12-17-47(43)65)62-51(69)6-3-4-21-67)64-40-10-9-35(44(54)27-40)22-33-19-20-66-49(23-33)57-31-60-66/h9-20,23-28,30-32,34,67H,4,7-8,21-22,29H2,1H3,(H3,56,58,61,62,63,68,69)/p+1. The van der Waals surface area contributed by atoms with Gasteiger partial charge in [0.15, 0.2) is 5.65 Å². The number of aromatic nitrogens is 8. The summed E-state index contributed by atoms with van der Waals surface area (Å²) in [6.07, 6.45) is 10.9. The van der Waals surface area contributed by atoms with E-state index in [0.717, 1.165) is 29.7 Å². The normalized spacial score (nSPS) is 11.9. The third-order valence-corrected chi connectivity index (χ3v) is 11.4. The van der Waals surface area contributed by atoms with Crippen molar-refractivity contribution in [3.8, 4) is 35.2 Å². The number of fused-ring (bicyclic) bond motifs is 3. The van der Waals surface area contributed by atoms with Crippen LogP contribution in [0.1, 0.15) is 54.5 Å². The van der Waals surface area contributed by atoms with Crippen molar-refractivity contribution in [3.63, 3.8) is 0 Å². The monoisotopic (exact) mass is 929 g/mol. The van der Waals surface area contributed by atoms with Crippen molar-refractivity contribution >= 4 is 73.7 Å². The molecule has 0 spiro atoms. The Bertz CT molecular complexity index is 3610. The summed E-state index contributed by atoms with van der Waals surface area (Å²) in [7, 11) is 0. The Morgan fingerprint density at radius 1 is 0.786 bits per heavy atom. The van der Waals surface area contributed by atoms with Crippen LogP contribution in [0.15, 0.2) is 128 Å². The zero-order valence-electron chi connectivity index (χ0n) is 37.6. The zero-order chi connectivity index (χ0) is 48.0. The van der Waals surface area contributed by atoms with Gasteiger partial charge in [-0.2, -0.15) is 5.10 Å². The highest BCUT2D eigenvalue weighted by atomic mass is 19.1. The van der Waals surface area contributed by atoms with Crippen molar-refractivity contribution < 1.29 is 28.4 Å². The van der Waals surface area contributed by atoms with Crippen LogP contribution < -0.4 is 30.6 Å². The lowest BCUT2D eigenvalue weighted by molar-refractivity contribution is -0.665. The molecule has 1 fully saturated rings. The number of aliphatic hydroxyl groups excluding tert-OH is 1. The van der Waals surface area contributed by atoms with Gasteiger partial charge < -0.3 is 31.1 Å². The van der Waals surface area contributed by atoms with Crippen LogP contribution in [0.2, 0.25) is 0 Å². The molecule has 10 rings (SSSR count). The number of aliphatic hydroxyl groups is 1. The first-order chi connectivity index (χ1) is 34.2. The number of pyridine rings is 2. The molecule has 0 unspecified atom stereocenters. The maximum atomic E-state index is 15.8. The molecule has 9 aromatic rings. The number of hydrogen-bond donors (Lipinski definition) is 5. The lowest BCUT2D eigenvalue weighted by Crippen LogP contribution is -2.36. The highest BCUT2D eigenvalue weighted by Crippen LogP contribution is 2.40. The van der Waals surface area contributed by atoms with Crippen molar-refractivity contribution in [3.05, 3.63) is 157 Å². The van der Waals surface area contributed by atoms with E-state index in [4.69, 9.17) is 9.72 Å². The molecule has 5 heterocycles. The van der Waals surface area contributed by atoms with E-state index in [1.54, 1.807) is 72.6 Å². The summed E-state index contributed by atoms with van der Waals surface area (Å²) in [5.74, 6) is 11.4. The first kappa shape index (κ1) is 44.5. The molecule has 5 N–H and O–H groups in total. The van der Waals surface area contributed by atoms with E-state index in [-0.39, 0.29) is 19.6 Å². The van der Waals surface area contributed by atoms with Gasteiger partial charge in [-0.25, -0.2) is 28.4 Å². The maximum absolute atomic E-state index is 15.8. The predicted molar refractivity (Wildman–Crippen MR) is 262 cm³/mol. The summed E-state index contributed by atoms with van der Waals surface area (Å²) in [5.41, 5.74) is 7.35. The summed E-state index contributed by atoms with van der Waals surface area (Å²) in [4.78, 5) is 47.9. The highest BCUT2D eigenvalue weighted by molar-refractivity contribution is 6.06. The zero-order valence-corrected chi connectivity index (χ0v) is 37.6. The van der Waals surface area contributed by atoms with Crippen LogP contribution in [0, 0.1) is 29.5 Å². The van der Waals surface area contributed by atoms with Gasteiger partial charge in [-0.05, 0) is 139 Å². The Morgan fingerprint density at radius 2 is 1.56 bits per heavy atom. The summed E-state index contributed by atoms with van der Waals surface area (Å²) < 4.78 is 26.0. The number of amides is 2. The number of ether oxygens (including phenoxy) is 1. The fourth-order valence-corrected chi connectivity index (χ4v) is 7.90. The fraction of sp³-hybridized carbons (Fsp3) is 0.151. The molecule has 2 amide bonds. The second-order valence-corrected chi connectivity index (χ2v) is 16.4. The average Bonchev–Trinajstić information content (AvgIpc) is 4.11. The molecule has 344 valence electrons. The number of carbonyl (C=O) groups is 2. The van der Waals surface area contributed by atoms with Crippen LogP contribution in [-0.2, 0) is 22.6 Å². The fourth-order valence-electron chi connectivity index (χ4n) is 7.90. The van der Waals surface area contributed by atoms with E-state index in [1.807, 2.05) is 53.1 Å². The van der Waals surface area contributed by atoms with E-state index in [0.29, 0.717) is 91.2 Å². The predicted octanol–water partition coefficient (Wildman–Crippen LogP) is 8.12. The maximum Gasteiger partial charge on any atom is 0.300 e. The lowest BCUT2D eigenvalue weighted by Gasteiger charge is -2.15. The lowest BCUT2D eigenvalue weighted by atomic mass is 10.0. The molecule has 1 aliphatic carbocycles. The van der Waals surface area contributed by atoms with Gasteiger partial charge >= 0.3 is 0 Å². The summed E-state index contributed by atoms with van der Waals surface area (Å²) in [5, 5.41) is 26.9. The number of hydrogen-bond acceptors (Lipinski definition) is 12. The van der Waals surface area contributed by atoms with Crippen LogP contribution in [0.25, 0.3) is 27.5 Å². The Morgan fingerprint density at radius 3 is 2.34 bits per heavy atom. The van der Waals surface area contributed by atoms with Crippen LogP contribution in [0.3, 0.4) is 0 Å². The molecule has 0 atom stereocenters. The highest BCUT2D eigenvalue weighted by Gasteiger charge is 2.25. The summed E-state index contributed by atoms with van der Waals surface area (Å²) >= 11 is 0. The Balaban J connectivity index is 0.996. The second kappa shape index (κ2) is 19.9. The molecular formula is C53H42FN12O4+. The third-order valence-electron chi connectivity index (χ3n) is 11.4. The minimum Gasteiger partial charge on any atom is -0.455 e. The number of rotatable bonds is 14. The van der Waals surface area contributed by atoms with Gasteiger partial charge in [0, 0.05) is 64.3 Å². The first-order valence-electron chi connectivity index (χ1n) is 22.3. The molecule has 5 aromatic heterocycles. The van der Waals surface area contributed by atoms with E-state index in [1.165, 1.54) is 18.7 Å². The smallest absolute Gasteiger partial charge is 0.300 e. The summed E-state index contributed by atoms with van der Waals surface area (Å²) in [6.45, 7) is 1.68. The van der Waals surface area contributed by atoms with Crippen LogP contribution in [0.4, 0.5) is 38.8 Å². The molecule has 70 heavy (non-hydrogen) atoms. The molecule has 0 saturated heterocycles.